The summed E-state index contributed by atoms with van der Waals surface area (Å²) in [5.41, 5.74) is 0.600. The number of hydrogen-bond acceptors (Lipinski definition) is 3. The summed E-state index contributed by atoms with van der Waals surface area (Å²) in [5.74, 6) is 1.09. The Kier molecular flexibility index (Phi) is 7.51. The molecule has 1 N–H and O–H groups in total. The van der Waals surface area contributed by atoms with Crippen LogP contribution >= 0.6 is 0 Å². The van der Waals surface area contributed by atoms with Gasteiger partial charge in [0.1, 0.15) is 5.82 Å². The van der Waals surface area contributed by atoms with Crippen molar-refractivity contribution in [1.29, 1.82) is 0 Å². The zero-order chi connectivity index (χ0) is 20.8. The van der Waals surface area contributed by atoms with Crippen LogP contribution in [0.2, 0.25) is 0 Å². The third-order valence-corrected chi connectivity index (χ3v) is 6.67. The first-order valence-electron chi connectivity index (χ1n) is 11.0. The van der Waals surface area contributed by atoms with Crippen molar-refractivity contribution < 1.29 is 14.0 Å². The molecular weight excluding hydrogens is 369 g/mol. The Morgan fingerprint density at radius 2 is 1.79 bits per heavy atom. The molecule has 0 aromatic heterocycles. The van der Waals surface area contributed by atoms with E-state index in [0.29, 0.717) is 63.0 Å². The second-order valence-corrected chi connectivity index (χ2v) is 8.61. The monoisotopic (exact) mass is 403 g/mol. The molecule has 1 aliphatic heterocycles. The molecule has 2 fully saturated rings. The van der Waals surface area contributed by atoms with Crippen LogP contribution in [0.25, 0.3) is 0 Å². The van der Waals surface area contributed by atoms with Crippen LogP contribution in [0.4, 0.5) is 10.1 Å². The molecule has 1 heterocycles. The molecule has 0 radical (unpaired) electrons. The van der Waals surface area contributed by atoms with E-state index < -0.39 is 0 Å². The first-order valence-corrected chi connectivity index (χ1v) is 11.0. The summed E-state index contributed by atoms with van der Waals surface area (Å²) in [6.07, 6.45) is 4.85. The number of amides is 2. The van der Waals surface area contributed by atoms with Gasteiger partial charge in [-0.15, -0.1) is 0 Å². The lowest BCUT2D eigenvalue weighted by molar-refractivity contribution is -0.131. The van der Waals surface area contributed by atoms with Gasteiger partial charge in [-0.1, -0.05) is 38.8 Å². The number of anilines is 1. The Labute approximate surface area is 173 Å². The highest BCUT2D eigenvalue weighted by atomic mass is 19.1. The summed E-state index contributed by atoms with van der Waals surface area (Å²) in [6, 6.07) is 7.03. The van der Waals surface area contributed by atoms with E-state index in [1.807, 2.05) is 15.9 Å². The van der Waals surface area contributed by atoms with Crippen molar-refractivity contribution in [3.63, 3.8) is 0 Å². The molecular formula is C23H34FN3O2. The lowest BCUT2D eigenvalue weighted by Crippen LogP contribution is -2.49. The van der Waals surface area contributed by atoms with E-state index in [0.717, 1.165) is 6.42 Å². The molecule has 1 aliphatic carbocycles. The first kappa shape index (κ1) is 21.6. The van der Waals surface area contributed by atoms with Gasteiger partial charge in [0.2, 0.25) is 11.8 Å². The van der Waals surface area contributed by atoms with Gasteiger partial charge in [-0.2, -0.15) is 0 Å². The maximum atomic E-state index is 13.9. The van der Waals surface area contributed by atoms with E-state index in [2.05, 4.69) is 19.2 Å². The predicted octanol–water partition coefficient (Wildman–Crippen LogP) is 3.59. The summed E-state index contributed by atoms with van der Waals surface area (Å²) in [4.78, 5) is 28.6. The smallest absolute Gasteiger partial charge is 0.222 e. The average molecular weight is 404 g/mol. The molecule has 3 rings (SSSR count). The van der Waals surface area contributed by atoms with Gasteiger partial charge in [-0.05, 0) is 36.8 Å². The zero-order valence-electron chi connectivity index (χ0n) is 17.7. The van der Waals surface area contributed by atoms with E-state index in [-0.39, 0.29) is 23.7 Å². The van der Waals surface area contributed by atoms with Gasteiger partial charge in [0, 0.05) is 45.1 Å². The van der Waals surface area contributed by atoms with E-state index in [1.54, 1.807) is 12.1 Å². The minimum Gasteiger partial charge on any atom is -0.366 e. The van der Waals surface area contributed by atoms with Crippen molar-refractivity contribution in [3.8, 4) is 0 Å². The summed E-state index contributed by atoms with van der Waals surface area (Å²) < 4.78 is 13.9. The Morgan fingerprint density at radius 1 is 1.07 bits per heavy atom. The number of carbonyl (C=O) groups excluding carboxylic acids is 2. The highest BCUT2D eigenvalue weighted by molar-refractivity contribution is 5.79. The van der Waals surface area contributed by atoms with Gasteiger partial charge in [0.25, 0.3) is 0 Å². The Hall–Kier alpha value is -2.11. The summed E-state index contributed by atoms with van der Waals surface area (Å²) >= 11 is 0. The van der Waals surface area contributed by atoms with Gasteiger partial charge >= 0.3 is 0 Å². The molecule has 1 saturated heterocycles. The fourth-order valence-electron chi connectivity index (χ4n) is 4.53. The minimum atomic E-state index is -0.222. The van der Waals surface area contributed by atoms with Crippen LogP contribution in [-0.4, -0.2) is 48.9 Å². The molecule has 29 heavy (non-hydrogen) atoms. The van der Waals surface area contributed by atoms with Crippen LogP contribution in [0.1, 0.15) is 52.4 Å². The summed E-state index contributed by atoms with van der Waals surface area (Å²) in [7, 11) is 0. The molecule has 1 saturated carbocycles. The maximum absolute atomic E-state index is 13.9. The predicted molar refractivity (Wildman–Crippen MR) is 113 cm³/mol. The van der Waals surface area contributed by atoms with Gasteiger partial charge < -0.3 is 15.1 Å². The Bertz CT molecular complexity index is 703. The molecule has 0 unspecified atom stereocenters. The summed E-state index contributed by atoms with van der Waals surface area (Å²) in [6.45, 7) is 6.93. The molecule has 0 spiro atoms. The van der Waals surface area contributed by atoms with Crippen molar-refractivity contribution in [2.45, 2.75) is 58.4 Å². The molecule has 1 aromatic carbocycles. The van der Waals surface area contributed by atoms with Crippen molar-refractivity contribution in [1.82, 2.24) is 10.2 Å². The number of hydrogen-bond donors (Lipinski definition) is 1. The zero-order valence-corrected chi connectivity index (χ0v) is 17.7. The number of halogens is 1. The highest BCUT2D eigenvalue weighted by Crippen LogP contribution is 2.29. The normalized spacial score (nSPS) is 25.0. The average Bonchev–Trinajstić information content (AvgIpc) is 2.72. The number of rotatable bonds is 6. The quantitative estimate of drug-likeness (QED) is 0.790. The third-order valence-electron chi connectivity index (χ3n) is 6.67. The number of nitrogens with zero attached hydrogens (tertiary/aromatic N) is 2. The van der Waals surface area contributed by atoms with Crippen LogP contribution in [-0.2, 0) is 9.59 Å². The molecule has 2 amide bonds. The topological polar surface area (TPSA) is 52.7 Å². The van der Waals surface area contributed by atoms with Crippen LogP contribution in [0.5, 0.6) is 0 Å². The van der Waals surface area contributed by atoms with Gasteiger partial charge in [0.05, 0.1) is 5.69 Å². The largest absolute Gasteiger partial charge is 0.366 e. The van der Waals surface area contributed by atoms with E-state index >= 15 is 0 Å². The lowest BCUT2D eigenvalue weighted by atomic mass is 9.78. The molecule has 2 aliphatic rings. The van der Waals surface area contributed by atoms with Crippen molar-refractivity contribution in [2.24, 2.45) is 11.8 Å². The highest BCUT2D eigenvalue weighted by Gasteiger charge is 2.28. The summed E-state index contributed by atoms with van der Waals surface area (Å²) in [5, 5.41) is 3.18. The lowest BCUT2D eigenvalue weighted by Gasteiger charge is -2.36. The molecule has 160 valence electrons. The van der Waals surface area contributed by atoms with E-state index in [1.165, 1.54) is 18.9 Å². The molecule has 3 atom stereocenters. The van der Waals surface area contributed by atoms with Crippen LogP contribution < -0.4 is 10.2 Å². The number of benzene rings is 1. The Morgan fingerprint density at radius 3 is 2.52 bits per heavy atom. The van der Waals surface area contributed by atoms with Crippen molar-refractivity contribution in [2.75, 3.05) is 31.1 Å². The third kappa shape index (κ3) is 5.71. The Balaban J connectivity index is 1.36. The molecule has 1 aromatic rings. The van der Waals surface area contributed by atoms with Crippen molar-refractivity contribution >= 4 is 17.5 Å². The fraction of sp³-hybridized carbons (Fsp3) is 0.652. The minimum absolute atomic E-state index is 0.0631. The molecule has 5 nitrogen and oxygen atoms in total. The second kappa shape index (κ2) is 10.1. The van der Waals surface area contributed by atoms with E-state index in [9.17, 15) is 14.0 Å². The fourth-order valence-corrected chi connectivity index (χ4v) is 4.53. The number of piperazine rings is 1. The van der Waals surface area contributed by atoms with Gasteiger partial charge in [-0.3, -0.25) is 9.59 Å². The van der Waals surface area contributed by atoms with E-state index in [4.69, 9.17) is 0 Å². The van der Waals surface area contributed by atoms with Crippen LogP contribution in [0.3, 0.4) is 0 Å². The SMILES string of the molecule is C[C@H]1[C@@H](NC(=O)CCCC(=O)N2CCN(c3ccccc3F)CC2)CCC[C@@H]1C. The second-order valence-electron chi connectivity index (χ2n) is 8.61. The molecule has 0 bridgehead atoms. The number of nitrogens with one attached hydrogen (secondary N) is 1. The number of carbonyl (C=O) groups is 2. The van der Waals surface area contributed by atoms with Gasteiger partial charge in [-0.25, -0.2) is 4.39 Å². The number of para-hydroxylation sites is 1. The first-order chi connectivity index (χ1) is 14.0. The molecule has 6 heteroatoms. The van der Waals surface area contributed by atoms with Crippen LogP contribution in [0.15, 0.2) is 24.3 Å². The van der Waals surface area contributed by atoms with Crippen molar-refractivity contribution in [3.05, 3.63) is 30.1 Å². The maximum Gasteiger partial charge on any atom is 0.222 e. The van der Waals surface area contributed by atoms with Crippen LogP contribution in [0, 0.1) is 17.7 Å². The standard InChI is InChI=1S/C23H34FN3O2/c1-17-7-5-9-20(18(17)2)25-22(28)11-6-12-23(29)27-15-13-26(14-16-27)21-10-4-3-8-19(21)24/h3-4,8,10,17-18,20H,5-7,9,11-16H2,1-2H3,(H,25,28)/t17-,18+,20-/m0/s1. The van der Waals surface area contributed by atoms with Gasteiger partial charge in [0.15, 0.2) is 0 Å².